The van der Waals surface area contributed by atoms with Crippen molar-refractivity contribution in [2.24, 2.45) is 0 Å². The molecule has 0 aromatic carbocycles. The first kappa shape index (κ1) is 9.39. The largest absolute Gasteiger partial charge is 0.467 e. The standard InChI is InChI=1S/C6H12O4/c1-6(4-7,10-3)5(8)9-2/h7H,4H2,1-3H3. The molecular weight excluding hydrogens is 136 g/mol. The maximum absolute atomic E-state index is 10.8. The van der Waals surface area contributed by atoms with Gasteiger partial charge in [-0.05, 0) is 6.92 Å². The van der Waals surface area contributed by atoms with Crippen LogP contribution in [0, 0.1) is 0 Å². The van der Waals surface area contributed by atoms with Gasteiger partial charge in [0.2, 0.25) is 0 Å². The maximum atomic E-state index is 10.8. The van der Waals surface area contributed by atoms with Crippen LogP contribution < -0.4 is 0 Å². The first-order valence-corrected chi connectivity index (χ1v) is 2.85. The molecule has 1 atom stereocenters. The van der Waals surface area contributed by atoms with Crippen molar-refractivity contribution in [3.8, 4) is 0 Å². The average Bonchev–Trinajstić information content (AvgIpc) is 2.01. The van der Waals surface area contributed by atoms with Gasteiger partial charge < -0.3 is 14.6 Å². The van der Waals surface area contributed by atoms with Crippen LogP contribution >= 0.6 is 0 Å². The molecular formula is C6H12O4. The van der Waals surface area contributed by atoms with E-state index < -0.39 is 11.6 Å². The van der Waals surface area contributed by atoms with Gasteiger partial charge in [-0.25, -0.2) is 4.79 Å². The van der Waals surface area contributed by atoms with Crippen LogP contribution in [0.5, 0.6) is 0 Å². The van der Waals surface area contributed by atoms with Gasteiger partial charge in [0.25, 0.3) is 0 Å². The molecule has 0 aromatic rings. The van der Waals surface area contributed by atoms with Gasteiger partial charge >= 0.3 is 5.97 Å². The molecule has 1 unspecified atom stereocenters. The minimum atomic E-state index is -1.21. The van der Waals surface area contributed by atoms with Crippen LogP contribution in [0.15, 0.2) is 0 Å². The number of hydrogen-bond acceptors (Lipinski definition) is 4. The van der Waals surface area contributed by atoms with Crippen molar-refractivity contribution < 1.29 is 19.4 Å². The lowest BCUT2D eigenvalue weighted by Crippen LogP contribution is -2.42. The third kappa shape index (κ3) is 1.68. The topological polar surface area (TPSA) is 55.8 Å². The number of methoxy groups -OCH3 is 2. The Kier molecular flexibility index (Phi) is 3.32. The fourth-order valence-electron chi connectivity index (χ4n) is 0.428. The summed E-state index contributed by atoms with van der Waals surface area (Å²) in [6.45, 7) is 1.08. The van der Waals surface area contributed by atoms with E-state index >= 15 is 0 Å². The number of rotatable bonds is 3. The Morgan fingerprint density at radius 3 is 2.20 bits per heavy atom. The normalized spacial score (nSPS) is 16.0. The molecule has 0 fully saturated rings. The van der Waals surface area contributed by atoms with Crippen molar-refractivity contribution in [2.45, 2.75) is 12.5 Å². The fourth-order valence-corrected chi connectivity index (χ4v) is 0.428. The monoisotopic (exact) mass is 148 g/mol. The summed E-state index contributed by atoms with van der Waals surface area (Å²) in [5, 5.41) is 8.66. The predicted molar refractivity (Wildman–Crippen MR) is 34.5 cm³/mol. The molecule has 0 amide bonds. The van der Waals surface area contributed by atoms with Crippen molar-refractivity contribution in [1.82, 2.24) is 0 Å². The highest BCUT2D eigenvalue weighted by molar-refractivity contribution is 5.79. The molecule has 0 rings (SSSR count). The van der Waals surface area contributed by atoms with Crippen molar-refractivity contribution in [3.63, 3.8) is 0 Å². The van der Waals surface area contributed by atoms with Gasteiger partial charge in [-0.15, -0.1) is 0 Å². The smallest absolute Gasteiger partial charge is 0.340 e. The Balaban J connectivity index is 4.17. The van der Waals surface area contributed by atoms with Crippen molar-refractivity contribution in [3.05, 3.63) is 0 Å². The summed E-state index contributed by atoms with van der Waals surface area (Å²) in [6, 6.07) is 0. The van der Waals surface area contributed by atoms with Crippen molar-refractivity contribution in [2.75, 3.05) is 20.8 Å². The Morgan fingerprint density at radius 2 is 2.10 bits per heavy atom. The molecule has 1 N–H and O–H groups in total. The Bertz CT molecular complexity index is 117. The first-order valence-electron chi connectivity index (χ1n) is 2.85. The Morgan fingerprint density at radius 1 is 1.60 bits per heavy atom. The van der Waals surface area contributed by atoms with E-state index in [2.05, 4.69) is 4.74 Å². The van der Waals surface area contributed by atoms with E-state index in [1.165, 1.54) is 21.1 Å². The number of esters is 1. The van der Waals surface area contributed by atoms with Gasteiger partial charge in [-0.1, -0.05) is 0 Å². The van der Waals surface area contributed by atoms with Crippen molar-refractivity contribution >= 4 is 5.97 Å². The Hall–Kier alpha value is -0.610. The second kappa shape index (κ2) is 3.53. The summed E-state index contributed by atoms with van der Waals surface area (Å²) >= 11 is 0. The number of ether oxygens (including phenoxy) is 2. The molecule has 4 nitrogen and oxygen atoms in total. The highest BCUT2D eigenvalue weighted by Gasteiger charge is 2.33. The van der Waals surface area contributed by atoms with Crippen LogP contribution in [0.3, 0.4) is 0 Å². The number of aliphatic hydroxyl groups excluding tert-OH is 1. The van der Waals surface area contributed by atoms with E-state index in [1.54, 1.807) is 0 Å². The second-order valence-electron chi connectivity index (χ2n) is 2.08. The third-order valence-electron chi connectivity index (χ3n) is 1.37. The summed E-state index contributed by atoms with van der Waals surface area (Å²) < 4.78 is 9.09. The molecule has 60 valence electrons. The molecule has 0 heterocycles. The lowest BCUT2D eigenvalue weighted by molar-refractivity contribution is -0.168. The molecule has 0 aromatic heterocycles. The molecule has 0 radical (unpaired) electrons. The number of hydrogen-bond donors (Lipinski definition) is 1. The van der Waals surface area contributed by atoms with Crippen LogP contribution in [-0.4, -0.2) is 37.5 Å². The lowest BCUT2D eigenvalue weighted by Gasteiger charge is -2.21. The van der Waals surface area contributed by atoms with Crippen molar-refractivity contribution in [1.29, 1.82) is 0 Å². The number of carbonyl (C=O) groups is 1. The van der Waals surface area contributed by atoms with Gasteiger partial charge in [0.05, 0.1) is 13.7 Å². The fraction of sp³-hybridized carbons (Fsp3) is 0.833. The van der Waals surface area contributed by atoms with Gasteiger partial charge in [-0.2, -0.15) is 0 Å². The van der Waals surface area contributed by atoms with E-state index in [4.69, 9.17) is 9.84 Å². The number of aliphatic hydroxyl groups is 1. The molecule has 0 spiro atoms. The van der Waals surface area contributed by atoms with E-state index in [9.17, 15) is 4.79 Å². The first-order chi connectivity index (χ1) is 4.60. The summed E-state index contributed by atoms with van der Waals surface area (Å²) in [5.41, 5.74) is -1.21. The van der Waals surface area contributed by atoms with Crippen LogP contribution in [0.1, 0.15) is 6.92 Å². The highest BCUT2D eigenvalue weighted by atomic mass is 16.6. The summed E-state index contributed by atoms with van der Waals surface area (Å²) in [6.07, 6.45) is 0. The van der Waals surface area contributed by atoms with E-state index in [-0.39, 0.29) is 6.61 Å². The zero-order valence-electron chi connectivity index (χ0n) is 6.38. The minimum absolute atomic E-state index is 0.379. The van der Waals surface area contributed by atoms with Gasteiger partial charge in [0.1, 0.15) is 0 Å². The van der Waals surface area contributed by atoms with Crippen LogP contribution in [0.25, 0.3) is 0 Å². The van der Waals surface area contributed by atoms with Crippen LogP contribution in [0.4, 0.5) is 0 Å². The SMILES string of the molecule is COC(=O)C(C)(CO)OC. The predicted octanol–water partition coefficient (Wildman–Crippen LogP) is -0.443. The van der Waals surface area contributed by atoms with Gasteiger partial charge in [0.15, 0.2) is 5.60 Å². The molecule has 0 saturated carbocycles. The van der Waals surface area contributed by atoms with E-state index in [0.717, 1.165) is 0 Å². The third-order valence-corrected chi connectivity index (χ3v) is 1.37. The quantitative estimate of drug-likeness (QED) is 0.551. The summed E-state index contributed by atoms with van der Waals surface area (Å²) in [4.78, 5) is 10.8. The van der Waals surface area contributed by atoms with E-state index in [1.807, 2.05) is 0 Å². The average molecular weight is 148 g/mol. The van der Waals surface area contributed by atoms with Gasteiger partial charge in [-0.3, -0.25) is 0 Å². The second-order valence-corrected chi connectivity index (χ2v) is 2.08. The molecule has 10 heavy (non-hydrogen) atoms. The molecule has 0 saturated heterocycles. The highest BCUT2D eigenvalue weighted by Crippen LogP contribution is 2.08. The molecule has 0 aliphatic carbocycles. The molecule has 0 bridgehead atoms. The van der Waals surface area contributed by atoms with Crippen LogP contribution in [-0.2, 0) is 14.3 Å². The summed E-state index contributed by atoms with van der Waals surface area (Å²) in [5.74, 6) is -0.572. The Labute approximate surface area is 59.7 Å². The summed E-state index contributed by atoms with van der Waals surface area (Å²) in [7, 11) is 2.59. The zero-order valence-corrected chi connectivity index (χ0v) is 6.38. The number of carbonyl (C=O) groups excluding carboxylic acids is 1. The van der Waals surface area contributed by atoms with Crippen LogP contribution in [0.2, 0.25) is 0 Å². The zero-order chi connectivity index (χ0) is 8.20. The maximum Gasteiger partial charge on any atom is 0.340 e. The molecule has 0 aliphatic rings. The minimum Gasteiger partial charge on any atom is -0.467 e. The molecule has 4 heteroatoms. The lowest BCUT2D eigenvalue weighted by atomic mass is 10.1. The van der Waals surface area contributed by atoms with Gasteiger partial charge in [0, 0.05) is 7.11 Å². The molecule has 0 aliphatic heterocycles. The van der Waals surface area contributed by atoms with E-state index in [0.29, 0.717) is 0 Å².